The molecule has 35 heavy (non-hydrogen) atoms. The van der Waals surface area contributed by atoms with Gasteiger partial charge >= 0.3 is 11.9 Å². The number of esters is 2. The van der Waals surface area contributed by atoms with Gasteiger partial charge in [-0.15, -0.1) is 0 Å². The molecule has 0 bridgehead atoms. The van der Waals surface area contributed by atoms with Gasteiger partial charge in [0.15, 0.2) is 18.5 Å². The van der Waals surface area contributed by atoms with E-state index in [1.54, 1.807) is 26.8 Å². The van der Waals surface area contributed by atoms with Gasteiger partial charge in [0.2, 0.25) is 0 Å². The number of fused-ring (bicyclic) bond motifs is 3. The normalized spacial score (nSPS) is 46.7. The number of carbonyl (C=O) groups is 2. The molecule has 1 N–H and O–H groups in total. The average Bonchev–Trinajstić information content (AvgIpc) is 3.16. The molecular weight excluding hydrogens is 448 g/mol. The Labute approximate surface area is 209 Å². The van der Waals surface area contributed by atoms with Crippen molar-refractivity contribution in [2.75, 3.05) is 0 Å². The van der Waals surface area contributed by atoms with Crippen LogP contribution >= 0.6 is 0 Å². The van der Waals surface area contributed by atoms with Crippen molar-refractivity contribution in [2.45, 2.75) is 117 Å². The summed E-state index contributed by atoms with van der Waals surface area (Å²) in [4.78, 5) is 24.4. The van der Waals surface area contributed by atoms with E-state index in [9.17, 15) is 14.7 Å². The van der Waals surface area contributed by atoms with Crippen molar-refractivity contribution in [2.24, 2.45) is 35.0 Å². The number of carbonyl (C=O) groups excluding carboxylic acids is 2. The fourth-order valence-electron chi connectivity index (χ4n) is 7.59. The van der Waals surface area contributed by atoms with Crippen molar-refractivity contribution in [1.29, 1.82) is 0 Å². The van der Waals surface area contributed by atoms with Crippen LogP contribution in [0.2, 0.25) is 0 Å². The summed E-state index contributed by atoms with van der Waals surface area (Å²) in [6.45, 7) is 15.8. The first kappa shape index (κ1) is 26.6. The average molecular weight is 493 g/mol. The van der Waals surface area contributed by atoms with E-state index in [1.807, 2.05) is 0 Å². The highest BCUT2D eigenvalue weighted by atomic mass is 16.7. The molecule has 3 aliphatic carbocycles. The SMILES string of the molecule is CC=C(C)C(=O)OC1C(C)OC(OC2(C)CCC3C(C4C(C)CCC42)C3(C)C)C(OC(C)=O)C1O. The summed E-state index contributed by atoms with van der Waals surface area (Å²) in [6.07, 6.45) is 1.05. The summed E-state index contributed by atoms with van der Waals surface area (Å²) in [7, 11) is 0. The van der Waals surface area contributed by atoms with Crippen LogP contribution in [0.4, 0.5) is 0 Å². The monoisotopic (exact) mass is 492 g/mol. The number of aliphatic hydroxyl groups excluding tert-OH is 1. The first-order valence-electron chi connectivity index (χ1n) is 13.3. The van der Waals surface area contributed by atoms with Crippen LogP contribution < -0.4 is 0 Å². The topological polar surface area (TPSA) is 91.3 Å². The largest absolute Gasteiger partial charge is 0.454 e. The van der Waals surface area contributed by atoms with E-state index in [-0.39, 0.29) is 0 Å². The zero-order chi connectivity index (χ0) is 25.9. The lowest BCUT2D eigenvalue weighted by Gasteiger charge is -2.47. The molecule has 0 radical (unpaired) electrons. The van der Waals surface area contributed by atoms with Crippen molar-refractivity contribution < 1.29 is 33.6 Å². The number of hydrogen-bond acceptors (Lipinski definition) is 7. The van der Waals surface area contributed by atoms with E-state index in [0.717, 1.165) is 25.2 Å². The van der Waals surface area contributed by atoms with Crippen LogP contribution in [0.5, 0.6) is 0 Å². The van der Waals surface area contributed by atoms with Gasteiger partial charge in [-0.25, -0.2) is 4.79 Å². The molecule has 11 unspecified atom stereocenters. The highest BCUT2D eigenvalue weighted by molar-refractivity contribution is 5.87. The van der Waals surface area contributed by atoms with Crippen molar-refractivity contribution >= 4 is 11.9 Å². The second-order valence-electron chi connectivity index (χ2n) is 12.3. The summed E-state index contributed by atoms with van der Waals surface area (Å²) < 4.78 is 24.1. The molecule has 1 aliphatic heterocycles. The Morgan fingerprint density at radius 3 is 2.31 bits per heavy atom. The Morgan fingerprint density at radius 1 is 1.00 bits per heavy atom. The van der Waals surface area contributed by atoms with E-state index < -0.39 is 48.2 Å². The molecule has 11 atom stereocenters. The maximum Gasteiger partial charge on any atom is 0.333 e. The van der Waals surface area contributed by atoms with Gasteiger partial charge in [0.05, 0.1) is 11.7 Å². The van der Waals surface area contributed by atoms with Crippen LogP contribution in [-0.4, -0.2) is 53.4 Å². The zero-order valence-electron chi connectivity index (χ0n) is 22.6. The van der Waals surface area contributed by atoms with Gasteiger partial charge in [-0.1, -0.05) is 33.3 Å². The standard InChI is InChI=1S/C28H44O7/c1-9-14(2)25(31)34-23-16(4)32-26(24(22(23)30)33-17(5)29)35-28(8)13-12-19-21(27(19,6)7)20-15(3)10-11-18(20)28/h9,15-16,18-24,26,30H,10-13H2,1-8H3. The Morgan fingerprint density at radius 2 is 1.69 bits per heavy atom. The third-order valence-electron chi connectivity index (χ3n) is 9.78. The first-order chi connectivity index (χ1) is 16.3. The van der Waals surface area contributed by atoms with Crippen LogP contribution in [0.15, 0.2) is 11.6 Å². The fraction of sp³-hybridized carbons (Fsp3) is 0.857. The highest BCUT2D eigenvalue weighted by Crippen LogP contribution is 2.71. The third-order valence-corrected chi connectivity index (χ3v) is 9.78. The quantitative estimate of drug-likeness (QED) is 0.449. The van der Waals surface area contributed by atoms with Gasteiger partial charge in [0.25, 0.3) is 0 Å². The molecule has 1 saturated heterocycles. The lowest BCUT2D eigenvalue weighted by Crippen LogP contribution is -2.62. The van der Waals surface area contributed by atoms with Crippen molar-refractivity contribution in [1.82, 2.24) is 0 Å². The molecule has 4 rings (SSSR count). The number of aliphatic hydroxyl groups is 1. The van der Waals surface area contributed by atoms with Gasteiger partial charge in [-0.3, -0.25) is 4.79 Å². The molecule has 3 saturated carbocycles. The molecule has 0 spiro atoms. The van der Waals surface area contributed by atoms with Crippen LogP contribution in [-0.2, 0) is 28.5 Å². The lowest BCUT2D eigenvalue weighted by atomic mass is 9.74. The molecule has 7 heteroatoms. The molecule has 0 amide bonds. The second-order valence-corrected chi connectivity index (χ2v) is 12.3. The summed E-state index contributed by atoms with van der Waals surface area (Å²) in [5, 5.41) is 11.2. The van der Waals surface area contributed by atoms with E-state index in [4.69, 9.17) is 18.9 Å². The maximum absolute atomic E-state index is 12.4. The molecule has 0 aromatic heterocycles. The van der Waals surface area contributed by atoms with Crippen LogP contribution in [0.1, 0.15) is 81.1 Å². The fourth-order valence-corrected chi connectivity index (χ4v) is 7.59. The lowest BCUT2D eigenvalue weighted by molar-refractivity contribution is -0.329. The zero-order valence-corrected chi connectivity index (χ0v) is 22.6. The third kappa shape index (κ3) is 4.69. The molecule has 1 heterocycles. The highest BCUT2D eigenvalue weighted by Gasteiger charge is 2.67. The van der Waals surface area contributed by atoms with Crippen molar-refractivity contribution in [3.8, 4) is 0 Å². The Hall–Kier alpha value is -1.44. The molecule has 7 nitrogen and oxygen atoms in total. The summed E-state index contributed by atoms with van der Waals surface area (Å²) in [5.74, 6) is 1.98. The summed E-state index contributed by atoms with van der Waals surface area (Å²) in [5.41, 5.74) is 0.366. The number of rotatable bonds is 5. The van der Waals surface area contributed by atoms with Crippen LogP contribution in [0.3, 0.4) is 0 Å². The number of ether oxygens (including phenoxy) is 4. The van der Waals surface area contributed by atoms with Gasteiger partial charge in [0, 0.05) is 12.5 Å². The smallest absolute Gasteiger partial charge is 0.333 e. The summed E-state index contributed by atoms with van der Waals surface area (Å²) >= 11 is 0. The van der Waals surface area contributed by atoms with E-state index in [1.165, 1.54) is 13.3 Å². The Bertz CT molecular complexity index is 865. The number of allylic oxidation sites excluding steroid dienone is 1. The predicted molar refractivity (Wildman–Crippen MR) is 130 cm³/mol. The van der Waals surface area contributed by atoms with E-state index >= 15 is 0 Å². The first-order valence-corrected chi connectivity index (χ1v) is 13.3. The molecule has 4 fully saturated rings. The van der Waals surface area contributed by atoms with E-state index in [0.29, 0.717) is 34.7 Å². The maximum atomic E-state index is 12.4. The van der Waals surface area contributed by atoms with Gasteiger partial charge < -0.3 is 24.1 Å². The van der Waals surface area contributed by atoms with Gasteiger partial charge in [-0.05, 0) is 82.0 Å². The Kier molecular flexibility index (Phi) is 7.19. The summed E-state index contributed by atoms with van der Waals surface area (Å²) in [6, 6.07) is 0. The van der Waals surface area contributed by atoms with Crippen LogP contribution in [0.25, 0.3) is 0 Å². The van der Waals surface area contributed by atoms with Crippen molar-refractivity contribution in [3.63, 3.8) is 0 Å². The van der Waals surface area contributed by atoms with Gasteiger partial charge in [0.1, 0.15) is 6.10 Å². The molecule has 198 valence electrons. The van der Waals surface area contributed by atoms with Gasteiger partial charge in [-0.2, -0.15) is 0 Å². The van der Waals surface area contributed by atoms with E-state index in [2.05, 4.69) is 27.7 Å². The van der Waals surface area contributed by atoms with Crippen LogP contribution in [0, 0.1) is 35.0 Å². The minimum atomic E-state index is -1.26. The Balaban J connectivity index is 1.56. The molecular formula is C28H44O7. The minimum Gasteiger partial charge on any atom is -0.454 e. The van der Waals surface area contributed by atoms with Crippen molar-refractivity contribution in [3.05, 3.63) is 11.6 Å². The molecule has 0 aromatic carbocycles. The minimum absolute atomic E-state index is 0.385. The second kappa shape index (κ2) is 9.46. The molecule has 0 aromatic rings. The predicted octanol–water partition coefficient (Wildman–Crippen LogP) is 4.41. The molecule has 4 aliphatic rings. The number of hydrogen-bond donors (Lipinski definition) is 1.